The minimum absolute atomic E-state index is 0.0245. The van der Waals surface area contributed by atoms with Crippen LogP contribution in [0.15, 0.2) is 17.1 Å². The van der Waals surface area contributed by atoms with Crippen LogP contribution in [0.3, 0.4) is 0 Å². The number of hydrogen-bond acceptors (Lipinski definition) is 10. The number of ether oxygens (including phenoxy) is 2. The van der Waals surface area contributed by atoms with Gasteiger partial charge in [0, 0.05) is 12.7 Å². The highest BCUT2D eigenvalue weighted by atomic mass is 31.2. The molecule has 194 valence electrons. The maximum Gasteiger partial charge on any atom is 0.403 e. The molecule has 0 aliphatic carbocycles. The highest BCUT2D eigenvalue weighted by Gasteiger charge is 2.53. The van der Waals surface area contributed by atoms with Crippen LogP contribution < -0.4 is 16.5 Å². The van der Waals surface area contributed by atoms with Crippen LogP contribution in [-0.2, 0) is 23.4 Å². The summed E-state index contributed by atoms with van der Waals surface area (Å²) in [7, 11) is -4.34. The number of nitrogens with two attached hydrogens (primary N) is 1. The Morgan fingerprint density at radius 1 is 1.41 bits per heavy atom. The van der Waals surface area contributed by atoms with Crippen molar-refractivity contribution in [3.63, 3.8) is 0 Å². The minimum atomic E-state index is -4.34. The van der Waals surface area contributed by atoms with Crippen molar-refractivity contribution in [2.45, 2.75) is 70.5 Å². The number of nitrogens with zero attached hydrogens (tertiary/aromatic N) is 2. The molecule has 2 rings (SSSR count). The molecule has 2 unspecified atom stereocenters. The first kappa shape index (κ1) is 28.4. The second kappa shape index (κ2) is 12.2. The Hall–Kier alpha value is -1.86. The summed E-state index contributed by atoms with van der Waals surface area (Å²) in [6.07, 6.45) is 0.287. The number of aromatic nitrogens is 2. The Bertz CT molecular complexity index is 920. The number of carbonyl (C=O) groups is 1. The van der Waals surface area contributed by atoms with E-state index in [2.05, 4.69) is 10.1 Å². The van der Waals surface area contributed by atoms with Gasteiger partial charge in [-0.25, -0.2) is 14.4 Å². The van der Waals surface area contributed by atoms with Crippen molar-refractivity contribution in [2.75, 3.05) is 25.5 Å². The Morgan fingerprint density at radius 2 is 2.06 bits per heavy atom. The van der Waals surface area contributed by atoms with E-state index in [1.807, 2.05) is 13.8 Å². The van der Waals surface area contributed by atoms with Crippen LogP contribution in [-0.4, -0.2) is 68.2 Å². The maximum atomic E-state index is 12.3. The number of nitrogen functional groups attached to an aromatic ring is 1. The van der Waals surface area contributed by atoms with Gasteiger partial charge in [0.2, 0.25) is 0 Å². The number of carbonyl (C=O) groups excluding carboxylic acids is 1. The van der Waals surface area contributed by atoms with Crippen molar-refractivity contribution >= 4 is 19.5 Å². The average molecular weight is 506 g/mol. The SMILES string of the molecule is CCCC(CCC)C(=O)OCCNP(=O)(O)OC[C@@H]1OC(n2ccc(N)nc2=O)[C@](C)(O)[C@@H]1O. The summed E-state index contributed by atoms with van der Waals surface area (Å²) in [5, 5.41) is 23.4. The van der Waals surface area contributed by atoms with Crippen LogP contribution >= 0.6 is 7.75 Å². The molecule has 34 heavy (non-hydrogen) atoms. The molecule has 0 saturated carbocycles. The molecule has 1 aliphatic rings. The smallest absolute Gasteiger partial charge is 0.403 e. The average Bonchev–Trinajstić information content (AvgIpc) is 2.98. The first-order valence-electron chi connectivity index (χ1n) is 11.2. The third-order valence-electron chi connectivity index (χ3n) is 5.54. The van der Waals surface area contributed by atoms with Gasteiger partial charge in [-0.2, -0.15) is 4.98 Å². The second-order valence-electron chi connectivity index (χ2n) is 8.41. The van der Waals surface area contributed by atoms with Gasteiger partial charge in [-0.15, -0.1) is 0 Å². The number of nitrogens with one attached hydrogen (secondary N) is 1. The fourth-order valence-electron chi connectivity index (χ4n) is 3.74. The molecule has 6 N–H and O–H groups in total. The summed E-state index contributed by atoms with van der Waals surface area (Å²) in [5.74, 6) is -0.566. The zero-order chi connectivity index (χ0) is 25.5. The number of rotatable bonds is 13. The van der Waals surface area contributed by atoms with Crippen molar-refractivity contribution in [1.82, 2.24) is 14.6 Å². The van der Waals surface area contributed by atoms with E-state index in [4.69, 9.17) is 19.7 Å². The van der Waals surface area contributed by atoms with E-state index in [0.29, 0.717) is 0 Å². The summed E-state index contributed by atoms with van der Waals surface area (Å²) in [6, 6.07) is 1.32. The van der Waals surface area contributed by atoms with Gasteiger partial charge < -0.3 is 30.3 Å². The van der Waals surface area contributed by atoms with Crippen LogP contribution in [0.25, 0.3) is 0 Å². The van der Waals surface area contributed by atoms with Gasteiger partial charge >= 0.3 is 19.4 Å². The van der Waals surface area contributed by atoms with Gasteiger partial charge in [0.15, 0.2) is 6.23 Å². The van der Waals surface area contributed by atoms with Crippen LogP contribution in [0.4, 0.5) is 5.82 Å². The third-order valence-corrected chi connectivity index (χ3v) is 6.66. The van der Waals surface area contributed by atoms with Crippen molar-refractivity contribution in [3.8, 4) is 0 Å². The first-order valence-corrected chi connectivity index (χ1v) is 12.8. The zero-order valence-corrected chi connectivity index (χ0v) is 20.5. The Labute approximate surface area is 197 Å². The molecule has 0 radical (unpaired) electrons. The fourth-order valence-corrected chi connectivity index (χ4v) is 4.55. The largest absolute Gasteiger partial charge is 0.464 e. The van der Waals surface area contributed by atoms with Crippen molar-refractivity contribution < 1.29 is 38.5 Å². The number of esters is 1. The molecule has 1 aromatic heterocycles. The molecule has 5 atom stereocenters. The lowest BCUT2D eigenvalue weighted by molar-refractivity contribution is -0.148. The monoisotopic (exact) mass is 506 g/mol. The van der Waals surface area contributed by atoms with E-state index in [-0.39, 0.29) is 30.9 Å². The maximum absolute atomic E-state index is 12.3. The summed E-state index contributed by atoms with van der Waals surface area (Å²) < 4.78 is 28.9. The highest BCUT2D eigenvalue weighted by Crippen LogP contribution is 2.41. The van der Waals surface area contributed by atoms with E-state index in [9.17, 15) is 29.3 Å². The minimum Gasteiger partial charge on any atom is -0.464 e. The lowest BCUT2D eigenvalue weighted by Gasteiger charge is -2.27. The van der Waals surface area contributed by atoms with E-state index < -0.39 is 44.1 Å². The highest BCUT2D eigenvalue weighted by molar-refractivity contribution is 7.50. The molecule has 0 spiro atoms. The van der Waals surface area contributed by atoms with Gasteiger partial charge in [0.1, 0.15) is 30.2 Å². The number of aliphatic hydroxyl groups is 2. The van der Waals surface area contributed by atoms with Crippen LogP contribution in [0, 0.1) is 5.92 Å². The molecular formula is C20H35N4O9P. The Kier molecular flexibility index (Phi) is 10.2. The summed E-state index contributed by atoms with van der Waals surface area (Å²) >= 11 is 0. The standard InChI is InChI=1S/C20H35N4O9P/c1-4-6-13(7-5-2)17(26)31-11-9-22-34(29,30)32-12-14-16(25)20(3,28)18(33-14)24-10-8-15(21)23-19(24)27/h8,10,13-14,16,18,25,28H,4-7,9,11-12H2,1-3H3,(H2,21,23,27)(H2,22,29,30)/t14-,16+,18?,20+/m0/s1. The molecule has 0 bridgehead atoms. The van der Waals surface area contributed by atoms with Crippen molar-refractivity contribution in [2.24, 2.45) is 5.92 Å². The number of anilines is 1. The predicted octanol–water partition coefficient (Wildman–Crippen LogP) is 0.301. The zero-order valence-electron chi connectivity index (χ0n) is 19.6. The molecule has 1 aromatic rings. The van der Waals surface area contributed by atoms with Crippen LogP contribution in [0.2, 0.25) is 0 Å². The van der Waals surface area contributed by atoms with Gasteiger partial charge in [-0.1, -0.05) is 26.7 Å². The molecular weight excluding hydrogens is 471 g/mol. The van der Waals surface area contributed by atoms with Crippen LogP contribution in [0.1, 0.15) is 52.7 Å². The van der Waals surface area contributed by atoms with E-state index in [1.165, 1.54) is 19.2 Å². The van der Waals surface area contributed by atoms with Gasteiger partial charge in [-0.05, 0) is 25.8 Å². The second-order valence-corrected chi connectivity index (χ2v) is 10.0. The number of aliphatic hydroxyl groups excluding tert-OH is 1. The summed E-state index contributed by atoms with van der Waals surface area (Å²) in [6.45, 7) is 4.39. The molecule has 2 heterocycles. The lowest BCUT2D eigenvalue weighted by Crippen LogP contribution is -2.46. The third kappa shape index (κ3) is 7.32. The molecule has 1 aliphatic heterocycles. The molecule has 1 fully saturated rings. The van der Waals surface area contributed by atoms with Crippen molar-refractivity contribution in [3.05, 3.63) is 22.7 Å². The van der Waals surface area contributed by atoms with Crippen molar-refractivity contribution in [1.29, 1.82) is 0 Å². The summed E-state index contributed by atoms with van der Waals surface area (Å²) in [4.78, 5) is 37.8. The Morgan fingerprint density at radius 3 is 2.65 bits per heavy atom. The van der Waals surface area contributed by atoms with Crippen LogP contribution in [0.5, 0.6) is 0 Å². The van der Waals surface area contributed by atoms with Gasteiger partial charge in [0.25, 0.3) is 0 Å². The molecule has 14 heteroatoms. The first-order chi connectivity index (χ1) is 15.9. The molecule has 1 saturated heterocycles. The van der Waals surface area contributed by atoms with E-state index >= 15 is 0 Å². The molecule has 0 aromatic carbocycles. The normalized spacial score (nSPS) is 26.5. The fraction of sp³-hybridized carbons (Fsp3) is 0.750. The van der Waals surface area contributed by atoms with Gasteiger partial charge in [0.05, 0.1) is 12.5 Å². The Balaban J connectivity index is 1.87. The van der Waals surface area contributed by atoms with Gasteiger partial charge in [-0.3, -0.25) is 13.9 Å². The molecule has 0 amide bonds. The van der Waals surface area contributed by atoms with E-state index in [1.54, 1.807) is 0 Å². The molecule has 13 nitrogen and oxygen atoms in total. The lowest BCUT2D eigenvalue weighted by atomic mass is 9.96. The topological polar surface area (TPSA) is 195 Å². The summed E-state index contributed by atoms with van der Waals surface area (Å²) in [5.41, 5.74) is 2.73. The quantitative estimate of drug-likeness (QED) is 0.140. The number of hydrogen-bond donors (Lipinski definition) is 5. The van der Waals surface area contributed by atoms with E-state index in [0.717, 1.165) is 30.3 Å². The predicted molar refractivity (Wildman–Crippen MR) is 121 cm³/mol.